The molecule has 8 nitrogen and oxygen atoms in total. The van der Waals surface area contributed by atoms with E-state index in [4.69, 9.17) is 4.74 Å². The van der Waals surface area contributed by atoms with E-state index in [1.54, 1.807) is 7.05 Å². The summed E-state index contributed by atoms with van der Waals surface area (Å²) in [7, 11) is 1.69. The van der Waals surface area contributed by atoms with Crippen LogP contribution in [0.5, 0.6) is 5.75 Å². The van der Waals surface area contributed by atoms with Gasteiger partial charge in [-0.3, -0.25) is 9.78 Å². The topological polar surface area (TPSA) is 94.8 Å². The van der Waals surface area contributed by atoms with E-state index in [0.29, 0.717) is 23.7 Å². The van der Waals surface area contributed by atoms with E-state index in [1.807, 2.05) is 6.92 Å². The number of tetrazole rings is 1. The van der Waals surface area contributed by atoms with Gasteiger partial charge in [0, 0.05) is 24.9 Å². The number of alkyl halides is 3. The smallest absolute Gasteiger partial charge is 0.422 e. The molecule has 1 amide bonds. The molecule has 1 N–H and O–H groups in total. The number of carbonyl (C=O) groups is 1. The minimum Gasteiger partial charge on any atom is -0.484 e. The van der Waals surface area contributed by atoms with E-state index < -0.39 is 24.2 Å². The SMILES string of the molecule is Cn1nnnc1C(C)(CC1CC1)NC(=O)c1cc(OCC(F)(F)F)c(C2CC2)cn1. The quantitative estimate of drug-likeness (QED) is 0.700. The van der Waals surface area contributed by atoms with Gasteiger partial charge in [0.1, 0.15) is 11.4 Å². The number of nitrogens with zero attached hydrogens (tertiary/aromatic N) is 5. The number of pyridine rings is 1. The maximum atomic E-state index is 13.0. The molecule has 11 heteroatoms. The van der Waals surface area contributed by atoms with E-state index in [9.17, 15) is 18.0 Å². The highest BCUT2D eigenvalue weighted by Crippen LogP contribution is 2.44. The van der Waals surface area contributed by atoms with Crippen molar-refractivity contribution in [3.63, 3.8) is 0 Å². The third-order valence-corrected chi connectivity index (χ3v) is 5.43. The zero-order valence-corrected chi connectivity index (χ0v) is 16.7. The maximum Gasteiger partial charge on any atom is 0.422 e. The average Bonchev–Trinajstić information content (AvgIpc) is 3.59. The molecule has 2 aliphatic rings. The van der Waals surface area contributed by atoms with E-state index in [0.717, 1.165) is 25.7 Å². The number of amides is 1. The molecular formula is C19H23F3N6O2. The summed E-state index contributed by atoms with van der Waals surface area (Å²) in [6.07, 6.45) is 1.52. The van der Waals surface area contributed by atoms with Gasteiger partial charge in [-0.15, -0.1) is 5.10 Å². The molecule has 4 rings (SSSR count). The largest absolute Gasteiger partial charge is 0.484 e. The summed E-state index contributed by atoms with van der Waals surface area (Å²) in [4.78, 5) is 17.2. The lowest BCUT2D eigenvalue weighted by atomic mass is 9.93. The molecule has 30 heavy (non-hydrogen) atoms. The molecule has 2 saturated carbocycles. The molecule has 0 radical (unpaired) electrons. The van der Waals surface area contributed by atoms with Crippen LogP contribution in [0.4, 0.5) is 13.2 Å². The first kappa shape index (κ1) is 20.5. The van der Waals surface area contributed by atoms with E-state index >= 15 is 0 Å². The molecule has 2 aromatic heterocycles. The third-order valence-electron chi connectivity index (χ3n) is 5.43. The fourth-order valence-corrected chi connectivity index (χ4v) is 3.67. The van der Waals surface area contributed by atoms with Crippen LogP contribution in [-0.2, 0) is 12.6 Å². The van der Waals surface area contributed by atoms with E-state index in [2.05, 4.69) is 25.8 Å². The van der Waals surface area contributed by atoms with Gasteiger partial charge in [-0.1, -0.05) is 12.8 Å². The van der Waals surface area contributed by atoms with Crippen LogP contribution in [0.25, 0.3) is 0 Å². The number of carbonyl (C=O) groups excluding carboxylic acids is 1. The predicted molar refractivity (Wildman–Crippen MR) is 98.7 cm³/mol. The van der Waals surface area contributed by atoms with E-state index in [-0.39, 0.29) is 17.4 Å². The normalized spacial score (nSPS) is 18.7. The molecule has 1 unspecified atom stereocenters. The zero-order chi connectivity index (χ0) is 21.5. The van der Waals surface area contributed by atoms with Gasteiger partial charge < -0.3 is 10.1 Å². The number of aryl methyl sites for hydroxylation is 1. The first-order valence-corrected chi connectivity index (χ1v) is 9.89. The number of nitrogens with one attached hydrogen (secondary N) is 1. The Bertz CT molecular complexity index is 939. The molecule has 0 aromatic carbocycles. The molecule has 2 heterocycles. The molecule has 0 spiro atoms. The number of hydrogen-bond acceptors (Lipinski definition) is 6. The summed E-state index contributed by atoms with van der Waals surface area (Å²) in [6, 6.07) is 1.29. The Morgan fingerprint density at radius 2 is 2.03 bits per heavy atom. The number of hydrogen-bond donors (Lipinski definition) is 1. The van der Waals surface area contributed by atoms with Crippen LogP contribution in [-0.4, -0.2) is 43.9 Å². The lowest BCUT2D eigenvalue weighted by Gasteiger charge is -2.29. The molecule has 0 saturated heterocycles. The van der Waals surface area contributed by atoms with Crippen LogP contribution in [0.15, 0.2) is 12.3 Å². The monoisotopic (exact) mass is 424 g/mol. The lowest BCUT2D eigenvalue weighted by molar-refractivity contribution is -0.153. The van der Waals surface area contributed by atoms with Crippen molar-refractivity contribution in [1.29, 1.82) is 0 Å². The van der Waals surface area contributed by atoms with Gasteiger partial charge >= 0.3 is 6.18 Å². The highest BCUT2D eigenvalue weighted by atomic mass is 19.4. The van der Waals surface area contributed by atoms with Gasteiger partial charge in [-0.25, -0.2) is 4.68 Å². The van der Waals surface area contributed by atoms with Crippen LogP contribution in [0.2, 0.25) is 0 Å². The van der Waals surface area contributed by atoms with Crippen molar-refractivity contribution in [2.24, 2.45) is 13.0 Å². The molecule has 162 valence electrons. The summed E-state index contributed by atoms with van der Waals surface area (Å²) in [5.41, 5.74) is -0.233. The standard InChI is InChI=1S/C19H23F3N6O2/c1-18(8-11-3-4-11,17-25-26-27-28(17)2)24-16(29)14-7-15(30-10-19(20,21)22)13(9-23-14)12-5-6-12/h7,9,11-12H,3-6,8,10H2,1-2H3,(H,24,29). The van der Waals surface area contributed by atoms with Crippen LogP contribution < -0.4 is 10.1 Å². The Morgan fingerprint density at radius 3 is 2.60 bits per heavy atom. The van der Waals surface area contributed by atoms with Gasteiger partial charge in [0.05, 0.1) is 5.54 Å². The fourth-order valence-electron chi connectivity index (χ4n) is 3.67. The molecule has 0 bridgehead atoms. The second-order valence-electron chi connectivity index (χ2n) is 8.35. The van der Waals surface area contributed by atoms with Crippen molar-refractivity contribution in [3.8, 4) is 5.75 Å². The predicted octanol–water partition coefficient (Wildman–Crippen LogP) is 2.87. The third kappa shape index (κ3) is 4.71. The summed E-state index contributed by atoms with van der Waals surface area (Å²) in [5.74, 6) is 0.635. The summed E-state index contributed by atoms with van der Waals surface area (Å²) >= 11 is 0. The van der Waals surface area contributed by atoms with Gasteiger partial charge in [0.25, 0.3) is 5.91 Å². The summed E-state index contributed by atoms with van der Waals surface area (Å²) < 4.78 is 44.5. The van der Waals surface area contributed by atoms with Crippen molar-refractivity contribution in [1.82, 2.24) is 30.5 Å². The van der Waals surface area contributed by atoms with Crippen molar-refractivity contribution < 1.29 is 22.7 Å². The van der Waals surface area contributed by atoms with Crippen LogP contribution >= 0.6 is 0 Å². The van der Waals surface area contributed by atoms with Crippen molar-refractivity contribution in [2.45, 2.75) is 56.7 Å². The first-order chi connectivity index (χ1) is 14.1. The van der Waals surface area contributed by atoms with Gasteiger partial charge in [-0.05, 0) is 48.4 Å². The second kappa shape index (κ2) is 7.51. The number of halogens is 3. The first-order valence-electron chi connectivity index (χ1n) is 9.89. The highest BCUT2D eigenvalue weighted by molar-refractivity contribution is 5.93. The zero-order valence-electron chi connectivity index (χ0n) is 16.7. The highest BCUT2D eigenvalue weighted by Gasteiger charge is 2.40. The molecule has 2 aliphatic carbocycles. The second-order valence-corrected chi connectivity index (χ2v) is 8.35. The van der Waals surface area contributed by atoms with Crippen LogP contribution in [0, 0.1) is 5.92 Å². The van der Waals surface area contributed by atoms with Crippen LogP contribution in [0.1, 0.15) is 66.8 Å². The van der Waals surface area contributed by atoms with Crippen molar-refractivity contribution >= 4 is 5.91 Å². The number of rotatable bonds is 8. The number of ether oxygens (including phenoxy) is 1. The minimum absolute atomic E-state index is 0.00581. The Balaban J connectivity index is 1.57. The maximum absolute atomic E-state index is 13.0. The lowest BCUT2D eigenvalue weighted by Crippen LogP contribution is -2.46. The Morgan fingerprint density at radius 1 is 1.30 bits per heavy atom. The fraction of sp³-hybridized carbons (Fsp3) is 0.632. The van der Waals surface area contributed by atoms with Crippen molar-refractivity contribution in [2.75, 3.05) is 6.61 Å². The number of aromatic nitrogens is 5. The molecule has 0 aliphatic heterocycles. The van der Waals surface area contributed by atoms with Gasteiger partial charge in [-0.2, -0.15) is 13.2 Å². The molecular weight excluding hydrogens is 401 g/mol. The van der Waals surface area contributed by atoms with Gasteiger partial charge in [0.15, 0.2) is 12.4 Å². The summed E-state index contributed by atoms with van der Waals surface area (Å²) in [5, 5.41) is 14.5. The Kier molecular flexibility index (Phi) is 5.15. The van der Waals surface area contributed by atoms with E-state index in [1.165, 1.54) is 16.9 Å². The summed E-state index contributed by atoms with van der Waals surface area (Å²) in [6.45, 7) is 0.427. The van der Waals surface area contributed by atoms with Crippen LogP contribution in [0.3, 0.4) is 0 Å². The van der Waals surface area contributed by atoms with Gasteiger partial charge in [0.2, 0.25) is 0 Å². The van der Waals surface area contributed by atoms with Crippen molar-refractivity contribution in [3.05, 3.63) is 29.3 Å². The Hall–Kier alpha value is -2.72. The minimum atomic E-state index is -4.46. The Labute approximate surface area is 171 Å². The molecule has 1 atom stereocenters. The molecule has 2 aromatic rings. The molecule has 2 fully saturated rings. The average molecular weight is 424 g/mol.